The maximum absolute atomic E-state index is 12.9. The number of nitrogens with one attached hydrogen (secondary N) is 2. The third-order valence-electron chi connectivity index (χ3n) is 3.78. The Morgan fingerprint density at radius 3 is 2.67 bits per heavy atom. The molecule has 2 rings (SSSR count). The molecular formula is C17H24N4O4S2. The zero-order chi connectivity index (χ0) is 20.1. The molecule has 8 nitrogen and oxygen atoms in total. The van der Waals surface area contributed by atoms with E-state index in [9.17, 15) is 14.4 Å². The fourth-order valence-corrected chi connectivity index (χ4v) is 4.29. The number of urea groups is 1. The summed E-state index contributed by atoms with van der Waals surface area (Å²) in [5.74, 6) is -0.482. The highest BCUT2D eigenvalue weighted by atomic mass is 32.2. The normalized spacial score (nSPS) is 11.2. The van der Waals surface area contributed by atoms with Crippen LogP contribution in [0.25, 0.3) is 10.2 Å². The molecule has 2 N–H and O–H groups in total. The van der Waals surface area contributed by atoms with Gasteiger partial charge in [0, 0.05) is 18.0 Å². The van der Waals surface area contributed by atoms with Gasteiger partial charge in [-0.25, -0.2) is 9.78 Å². The first kappa shape index (κ1) is 21.4. The summed E-state index contributed by atoms with van der Waals surface area (Å²) >= 11 is 2.58. The van der Waals surface area contributed by atoms with Gasteiger partial charge in [0.15, 0.2) is 5.16 Å². The smallest absolute Gasteiger partial charge is 0.321 e. The molecule has 2 aromatic heterocycles. The van der Waals surface area contributed by atoms with E-state index < -0.39 is 11.9 Å². The summed E-state index contributed by atoms with van der Waals surface area (Å²) in [5.41, 5.74) is 0.790. The molecule has 3 amide bonds. The van der Waals surface area contributed by atoms with E-state index in [0.29, 0.717) is 28.5 Å². The van der Waals surface area contributed by atoms with E-state index in [0.717, 1.165) is 22.2 Å². The number of carbonyl (C=O) groups excluding carboxylic acids is 2. The predicted molar refractivity (Wildman–Crippen MR) is 108 cm³/mol. The first-order chi connectivity index (χ1) is 12.7. The molecule has 0 aliphatic carbocycles. The third kappa shape index (κ3) is 5.30. The topological polar surface area (TPSA) is 102 Å². The molecule has 2 heterocycles. The SMILES string of the molecule is COCCn1c(SCC(=O)NC(=O)NC(C)C)nc2sc(C)c(C)c2c1=O. The molecule has 0 fully saturated rings. The van der Waals surface area contributed by atoms with Crippen molar-refractivity contribution in [3.05, 3.63) is 20.8 Å². The van der Waals surface area contributed by atoms with Crippen LogP contribution in [-0.2, 0) is 16.1 Å². The summed E-state index contributed by atoms with van der Waals surface area (Å²) in [4.78, 5) is 42.8. The summed E-state index contributed by atoms with van der Waals surface area (Å²) in [6.45, 7) is 8.16. The Labute approximate surface area is 165 Å². The molecule has 148 valence electrons. The number of imide groups is 1. The number of rotatable bonds is 7. The van der Waals surface area contributed by atoms with Gasteiger partial charge < -0.3 is 10.1 Å². The van der Waals surface area contributed by atoms with Crippen LogP contribution in [0.5, 0.6) is 0 Å². The van der Waals surface area contributed by atoms with Crippen LogP contribution in [0.3, 0.4) is 0 Å². The average Bonchev–Trinajstić information content (AvgIpc) is 2.86. The molecule has 0 radical (unpaired) electrons. The van der Waals surface area contributed by atoms with Crippen molar-refractivity contribution in [1.82, 2.24) is 20.2 Å². The summed E-state index contributed by atoms with van der Waals surface area (Å²) < 4.78 is 6.62. The largest absolute Gasteiger partial charge is 0.383 e. The zero-order valence-electron chi connectivity index (χ0n) is 16.0. The number of hydrogen-bond acceptors (Lipinski definition) is 7. The Bertz CT molecular complexity index is 904. The Balaban J connectivity index is 2.24. The predicted octanol–water partition coefficient (Wildman–Crippen LogP) is 2.05. The van der Waals surface area contributed by atoms with Gasteiger partial charge >= 0.3 is 6.03 Å². The monoisotopic (exact) mass is 412 g/mol. The van der Waals surface area contributed by atoms with Gasteiger partial charge in [0.2, 0.25) is 5.91 Å². The number of aromatic nitrogens is 2. The summed E-state index contributed by atoms with van der Waals surface area (Å²) in [7, 11) is 1.56. The number of amides is 3. The van der Waals surface area contributed by atoms with Gasteiger partial charge in [0.05, 0.1) is 24.3 Å². The average molecular weight is 413 g/mol. The van der Waals surface area contributed by atoms with Crippen LogP contribution in [0.1, 0.15) is 24.3 Å². The van der Waals surface area contributed by atoms with Crippen molar-refractivity contribution >= 4 is 45.3 Å². The van der Waals surface area contributed by atoms with Crippen molar-refractivity contribution in [3.8, 4) is 0 Å². The van der Waals surface area contributed by atoms with Crippen molar-refractivity contribution in [3.63, 3.8) is 0 Å². The van der Waals surface area contributed by atoms with E-state index in [1.807, 2.05) is 13.8 Å². The second kappa shape index (κ2) is 9.34. The molecule has 10 heteroatoms. The lowest BCUT2D eigenvalue weighted by atomic mass is 10.2. The summed E-state index contributed by atoms with van der Waals surface area (Å²) in [5, 5.41) is 5.89. The van der Waals surface area contributed by atoms with Crippen LogP contribution in [0.15, 0.2) is 9.95 Å². The zero-order valence-corrected chi connectivity index (χ0v) is 17.7. The quantitative estimate of drug-likeness (QED) is 0.533. The number of aryl methyl sites for hydroxylation is 2. The Kier molecular flexibility index (Phi) is 7.40. The van der Waals surface area contributed by atoms with E-state index in [2.05, 4.69) is 15.6 Å². The standard InChI is InChI=1S/C17H24N4O4S2/c1-9(2)18-16(24)19-12(22)8-26-17-20-14-13(10(3)11(4)27-14)15(23)21(17)6-7-25-5/h9H,6-8H2,1-5H3,(H2,18,19,22,24). The van der Waals surface area contributed by atoms with Gasteiger partial charge in [0.1, 0.15) is 4.83 Å². The minimum atomic E-state index is -0.541. The second-order valence-corrected chi connectivity index (χ2v) is 8.42. The first-order valence-corrected chi connectivity index (χ1v) is 10.3. The minimum absolute atomic E-state index is 0.0280. The number of hydrogen-bond donors (Lipinski definition) is 2. The second-order valence-electron chi connectivity index (χ2n) is 6.27. The molecule has 0 saturated heterocycles. The van der Waals surface area contributed by atoms with E-state index in [-0.39, 0.29) is 17.4 Å². The van der Waals surface area contributed by atoms with Gasteiger partial charge in [-0.2, -0.15) is 0 Å². The van der Waals surface area contributed by atoms with Gasteiger partial charge in [-0.3, -0.25) is 19.5 Å². The van der Waals surface area contributed by atoms with Crippen molar-refractivity contribution in [2.24, 2.45) is 0 Å². The molecular weight excluding hydrogens is 388 g/mol. The lowest BCUT2D eigenvalue weighted by molar-refractivity contribution is -0.117. The fourth-order valence-electron chi connectivity index (χ4n) is 2.39. The van der Waals surface area contributed by atoms with Crippen LogP contribution < -0.4 is 16.2 Å². The van der Waals surface area contributed by atoms with Crippen molar-refractivity contribution in [2.45, 2.75) is 45.4 Å². The van der Waals surface area contributed by atoms with Crippen LogP contribution in [0, 0.1) is 13.8 Å². The third-order valence-corrected chi connectivity index (χ3v) is 5.86. The molecule has 0 aliphatic rings. The molecule has 0 spiro atoms. The van der Waals surface area contributed by atoms with Crippen LogP contribution in [0.2, 0.25) is 0 Å². The van der Waals surface area contributed by atoms with Gasteiger partial charge in [0.25, 0.3) is 5.56 Å². The Hall–Kier alpha value is -1.91. The number of fused-ring (bicyclic) bond motifs is 1. The van der Waals surface area contributed by atoms with Crippen molar-refractivity contribution < 1.29 is 14.3 Å². The molecule has 0 aliphatic heterocycles. The lowest BCUT2D eigenvalue weighted by Gasteiger charge is -2.12. The maximum Gasteiger partial charge on any atom is 0.321 e. The van der Waals surface area contributed by atoms with Crippen LogP contribution in [-0.4, -0.2) is 47.0 Å². The fraction of sp³-hybridized carbons (Fsp3) is 0.529. The van der Waals surface area contributed by atoms with E-state index in [1.54, 1.807) is 21.0 Å². The van der Waals surface area contributed by atoms with E-state index in [1.165, 1.54) is 15.9 Å². The number of thioether (sulfide) groups is 1. The van der Waals surface area contributed by atoms with Crippen LogP contribution in [0.4, 0.5) is 4.79 Å². The molecule has 2 aromatic rings. The highest BCUT2D eigenvalue weighted by molar-refractivity contribution is 7.99. The first-order valence-electron chi connectivity index (χ1n) is 8.47. The van der Waals surface area contributed by atoms with E-state index in [4.69, 9.17) is 4.74 Å². The van der Waals surface area contributed by atoms with Crippen molar-refractivity contribution in [2.75, 3.05) is 19.5 Å². The molecule has 0 aromatic carbocycles. The summed E-state index contributed by atoms with van der Waals surface area (Å²) in [6.07, 6.45) is 0. The Morgan fingerprint density at radius 1 is 1.33 bits per heavy atom. The summed E-state index contributed by atoms with van der Waals surface area (Å²) in [6, 6.07) is -0.612. The molecule has 0 atom stereocenters. The van der Waals surface area contributed by atoms with Gasteiger partial charge in [-0.1, -0.05) is 11.8 Å². The van der Waals surface area contributed by atoms with Crippen LogP contribution >= 0.6 is 23.1 Å². The number of nitrogens with zero attached hydrogens (tertiary/aromatic N) is 2. The molecule has 0 unspecified atom stereocenters. The number of ether oxygens (including phenoxy) is 1. The highest BCUT2D eigenvalue weighted by Gasteiger charge is 2.18. The minimum Gasteiger partial charge on any atom is -0.383 e. The lowest BCUT2D eigenvalue weighted by Crippen LogP contribution is -2.43. The van der Waals surface area contributed by atoms with Gasteiger partial charge in [-0.05, 0) is 33.3 Å². The highest BCUT2D eigenvalue weighted by Crippen LogP contribution is 2.28. The number of carbonyl (C=O) groups is 2. The Morgan fingerprint density at radius 2 is 2.04 bits per heavy atom. The van der Waals surface area contributed by atoms with Crippen molar-refractivity contribution in [1.29, 1.82) is 0 Å². The number of thiophene rings is 1. The molecule has 0 saturated carbocycles. The maximum atomic E-state index is 12.9. The van der Waals surface area contributed by atoms with E-state index >= 15 is 0 Å². The molecule has 0 bridgehead atoms. The molecule has 27 heavy (non-hydrogen) atoms. The van der Waals surface area contributed by atoms with Gasteiger partial charge in [-0.15, -0.1) is 11.3 Å². The number of methoxy groups -OCH3 is 1.